The summed E-state index contributed by atoms with van der Waals surface area (Å²) in [5, 5.41) is 60.6. The van der Waals surface area contributed by atoms with Gasteiger partial charge in [-0.1, -0.05) is 84.9 Å². The quantitative estimate of drug-likeness (QED) is 0.0575. The van der Waals surface area contributed by atoms with Crippen LogP contribution in [0.5, 0.6) is 0 Å². The maximum absolute atomic E-state index is 12.0. The van der Waals surface area contributed by atoms with Gasteiger partial charge in [-0.25, -0.2) is 4.79 Å². The second-order valence-corrected chi connectivity index (χ2v) is 11.9. The van der Waals surface area contributed by atoms with E-state index >= 15 is 0 Å². The fraction of sp³-hybridized carbons (Fsp3) is 0.500. The van der Waals surface area contributed by atoms with Crippen LogP contribution in [0, 0.1) is 11.8 Å². The standard InChI is InChI=1S/C32H45ClO9S/c1-20(11-5-9-15-29(37)42-28-18-23(32(40)41)16-17-26(28)35)10-4-8-14-25(33)22(3)30(38)31(39)27(36)19-24(34)13-7-6-12-21(2)43/h4-15,21-24,26-28,30-31,34-36,38-39,43H,16-19H2,1-3H3,(H,40,41)/b8-4+,11-5+,12-6+,13-7+,15-9+,20-10+,25-14-. The van der Waals surface area contributed by atoms with Crippen molar-refractivity contribution in [2.24, 2.45) is 11.8 Å². The van der Waals surface area contributed by atoms with Gasteiger partial charge in [0.2, 0.25) is 0 Å². The maximum atomic E-state index is 12.0. The third kappa shape index (κ3) is 15.7. The lowest BCUT2D eigenvalue weighted by atomic mass is 9.85. The van der Waals surface area contributed by atoms with Gasteiger partial charge >= 0.3 is 11.9 Å². The summed E-state index contributed by atoms with van der Waals surface area (Å²) in [4.78, 5) is 23.2. The smallest absolute Gasteiger partial charge is 0.331 e. The molecule has 43 heavy (non-hydrogen) atoms. The molecule has 11 heteroatoms. The average molecular weight is 641 g/mol. The number of halogens is 1. The Balaban J connectivity index is 2.57. The first-order valence-corrected chi connectivity index (χ1v) is 15.0. The highest BCUT2D eigenvalue weighted by Crippen LogP contribution is 2.27. The highest BCUT2D eigenvalue weighted by Gasteiger charge is 2.35. The Bertz CT molecular complexity index is 1090. The molecule has 1 saturated carbocycles. The highest BCUT2D eigenvalue weighted by molar-refractivity contribution is 7.81. The summed E-state index contributed by atoms with van der Waals surface area (Å²) in [5.74, 6) is -2.97. The molecule has 0 amide bonds. The van der Waals surface area contributed by atoms with Gasteiger partial charge in [0.15, 0.2) is 0 Å². The van der Waals surface area contributed by atoms with E-state index in [1.54, 1.807) is 55.5 Å². The molecule has 0 bridgehead atoms. The SMILES string of the molecule is CC(/C=C/C=C/C(=O)OC1CC(C(=O)O)CCC1O)=C\C=C\C=C(/Cl)C(C)C(O)C(O)C(O)CC(O)/C=C/C=C/C(C)S. The number of hydrogen-bond acceptors (Lipinski definition) is 9. The second kappa shape index (κ2) is 20.5. The van der Waals surface area contributed by atoms with Crippen molar-refractivity contribution >= 4 is 36.2 Å². The second-order valence-electron chi connectivity index (χ2n) is 10.6. The fourth-order valence-electron chi connectivity index (χ4n) is 4.13. The predicted octanol–water partition coefficient (Wildman–Crippen LogP) is 3.78. The van der Waals surface area contributed by atoms with Gasteiger partial charge in [-0.3, -0.25) is 4.79 Å². The Morgan fingerprint density at radius 3 is 2.21 bits per heavy atom. The van der Waals surface area contributed by atoms with Crippen LogP contribution in [0.2, 0.25) is 0 Å². The van der Waals surface area contributed by atoms with Gasteiger partial charge in [0, 0.05) is 35.1 Å². The van der Waals surface area contributed by atoms with E-state index in [2.05, 4.69) is 12.6 Å². The van der Waals surface area contributed by atoms with Gasteiger partial charge in [-0.2, -0.15) is 12.6 Å². The number of thiol groups is 1. The number of carboxylic acids is 1. The van der Waals surface area contributed by atoms with Crippen molar-refractivity contribution in [3.8, 4) is 0 Å². The first kappa shape index (κ1) is 38.6. The summed E-state index contributed by atoms with van der Waals surface area (Å²) in [6.07, 6.45) is 12.8. The van der Waals surface area contributed by atoms with Crippen molar-refractivity contribution < 1.29 is 45.0 Å². The van der Waals surface area contributed by atoms with Gasteiger partial charge < -0.3 is 35.4 Å². The molecule has 9 atom stereocenters. The Hall–Kier alpha value is -2.44. The summed E-state index contributed by atoms with van der Waals surface area (Å²) >= 11 is 10.5. The first-order valence-electron chi connectivity index (χ1n) is 14.1. The zero-order valence-corrected chi connectivity index (χ0v) is 26.3. The molecular formula is C32H45ClO9S. The molecule has 0 radical (unpaired) electrons. The third-order valence-electron chi connectivity index (χ3n) is 6.81. The van der Waals surface area contributed by atoms with Crippen molar-refractivity contribution in [1.29, 1.82) is 0 Å². The molecule has 9 nitrogen and oxygen atoms in total. The van der Waals surface area contributed by atoms with Gasteiger partial charge in [0.25, 0.3) is 0 Å². The molecule has 0 aromatic heterocycles. The number of carbonyl (C=O) groups excluding carboxylic acids is 1. The van der Waals surface area contributed by atoms with Crippen molar-refractivity contribution in [2.75, 3.05) is 0 Å². The molecule has 0 heterocycles. The number of esters is 1. The lowest BCUT2D eigenvalue weighted by molar-refractivity contribution is -0.159. The average Bonchev–Trinajstić information content (AvgIpc) is 2.95. The van der Waals surface area contributed by atoms with E-state index in [1.165, 1.54) is 18.2 Å². The molecule has 0 spiro atoms. The molecule has 1 aliphatic rings. The molecule has 0 saturated heterocycles. The number of allylic oxidation sites excluding steroid dienone is 10. The largest absolute Gasteiger partial charge is 0.481 e. The molecule has 0 aromatic rings. The number of aliphatic hydroxyl groups excluding tert-OH is 5. The Labute approximate surface area is 264 Å². The molecular weight excluding hydrogens is 596 g/mol. The topological polar surface area (TPSA) is 165 Å². The Kier molecular flexibility index (Phi) is 18.4. The summed E-state index contributed by atoms with van der Waals surface area (Å²) in [6.45, 7) is 5.32. The van der Waals surface area contributed by atoms with E-state index in [1.807, 2.05) is 19.9 Å². The van der Waals surface area contributed by atoms with Crippen LogP contribution in [0.15, 0.2) is 83.5 Å². The van der Waals surface area contributed by atoms with Crippen LogP contribution in [-0.2, 0) is 14.3 Å². The van der Waals surface area contributed by atoms with E-state index in [0.29, 0.717) is 6.42 Å². The monoisotopic (exact) mass is 640 g/mol. The lowest BCUT2D eigenvalue weighted by Gasteiger charge is -2.30. The number of aliphatic carboxylic acids is 1. The Morgan fingerprint density at radius 2 is 1.56 bits per heavy atom. The van der Waals surface area contributed by atoms with Crippen LogP contribution in [-0.4, -0.2) is 84.5 Å². The van der Waals surface area contributed by atoms with Gasteiger partial charge in [0.1, 0.15) is 12.2 Å². The summed E-state index contributed by atoms with van der Waals surface area (Å²) in [7, 11) is 0. The highest BCUT2D eigenvalue weighted by atomic mass is 35.5. The van der Waals surface area contributed by atoms with Gasteiger partial charge in [-0.15, -0.1) is 0 Å². The van der Waals surface area contributed by atoms with Crippen LogP contribution in [0.1, 0.15) is 46.5 Å². The number of carboxylic acid groups (broad SMARTS) is 1. The Morgan fingerprint density at radius 1 is 0.930 bits per heavy atom. The van der Waals surface area contributed by atoms with Crippen LogP contribution >= 0.6 is 24.2 Å². The zero-order chi connectivity index (χ0) is 32.5. The van der Waals surface area contributed by atoms with Gasteiger partial charge in [0.05, 0.1) is 30.3 Å². The van der Waals surface area contributed by atoms with E-state index < -0.39 is 60.4 Å². The minimum absolute atomic E-state index is 0.0605. The maximum Gasteiger partial charge on any atom is 0.331 e. The summed E-state index contributed by atoms with van der Waals surface area (Å²) in [5.41, 5.74) is 0.834. The molecule has 240 valence electrons. The van der Waals surface area contributed by atoms with Crippen molar-refractivity contribution in [1.82, 2.24) is 0 Å². The normalized spacial score (nSPS) is 25.0. The first-order chi connectivity index (χ1) is 20.2. The zero-order valence-electron chi connectivity index (χ0n) is 24.7. The van der Waals surface area contributed by atoms with E-state index in [-0.39, 0.29) is 29.5 Å². The number of rotatable bonds is 16. The van der Waals surface area contributed by atoms with Crippen molar-refractivity contribution in [2.45, 2.75) is 88.3 Å². The van der Waals surface area contributed by atoms with E-state index in [4.69, 9.17) is 21.4 Å². The van der Waals surface area contributed by atoms with Crippen LogP contribution < -0.4 is 0 Å². The molecule has 6 N–H and O–H groups in total. The molecule has 1 fully saturated rings. The molecule has 1 aliphatic carbocycles. The third-order valence-corrected chi connectivity index (χ3v) is 7.45. The lowest BCUT2D eigenvalue weighted by Crippen LogP contribution is -2.42. The molecule has 1 rings (SSSR count). The number of aliphatic hydroxyl groups is 5. The van der Waals surface area contributed by atoms with Crippen LogP contribution in [0.25, 0.3) is 0 Å². The van der Waals surface area contributed by atoms with Crippen LogP contribution in [0.4, 0.5) is 0 Å². The minimum Gasteiger partial charge on any atom is -0.481 e. The molecule has 0 aliphatic heterocycles. The van der Waals surface area contributed by atoms with Crippen molar-refractivity contribution in [3.05, 3.63) is 83.5 Å². The van der Waals surface area contributed by atoms with E-state index in [9.17, 15) is 35.1 Å². The summed E-state index contributed by atoms with van der Waals surface area (Å²) in [6, 6.07) is 0. The number of carbonyl (C=O) groups is 2. The summed E-state index contributed by atoms with van der Waals surface area (Å²) < 4.78 is 5.21. The van der Waals surface area contributed by atoms with Gasteiger partial charge in [-0.05, 0) is 32.8 Å². The predicted molar refractivity (Wildman–Crippen MR) is 171 cm³/mol. The minimum atomic E-state index is -1.52. The van der Waals surface area contributed by atoms with Crippen LogP contribution in [0.3, 0.4) is 0 Å². The number of hydrogen-bond donors (Lipinski definition) is 7. The molecule has 9 unspecified atom stereocenters. The van der Waals surface area contributed by atoms with Crippen molar-refractivity contribution in [3.63, 3.8) is 0 Å². The molecule has 0 aromatic carbocycles. The fourth-order valence-corrected chi connectivity index (χ4v) is 4.43. The number of ether oxygens (including phenoxy) is 1. The van der Waals surface area contributed by atoms with E-state index in [0.717, 1.165) is 5.57 Å².